The summed E-state index contributed by atoms with van der Waals surface area (Å²) in [6.07, 6.45) is -0.566. The van der Waals surface area contributed by atoms with Crippen molar-refractivity contribution in [3.63, 3.8) is 0 Å². The van der Waals surface area contributed by atoms with Crippen molar-refractivity contribution >= 4 is 27.3 Å². The normalized spacial score (nSPS) is 14.4. The van der Waals surface area contributed by atoms with Gasteiger partial charge in [0.2, 0.25) is 10.0 Å². The summed E-state index contributed by atoms with van der Waals surface area (Å²) in [5.41, 5.74) is 13.1. The molecule has 0 saturated heterocycles. The molecular formula is C20H28ClN3O3S. The van der Waals surface area contributed by atoms with Crippen LogP contribution in [0.2, 0.25) is 5.02 Å². The highest BCUT2D eigenvalue weighted by molar-refractivity contribution is 7.89. The molecule has 0 unspecified atom stereocenters. The van der Waals surface area contributed by atoms with Crippen LogP contribution in [-0.4, -0.2) is 43.1 Å². The zero-order chi connectivity index (χ0) is 20.9. The van der Waals surface area contributed by atoms with Crippen LogP contribution < -0.4 is 11.5 Å². The van der Waals surface area contributed by atoms with Crippen molar-refractivity contribution in [2.75, 3.05) is 18.8 Å². The van der Waals surface area contributed by atoms with Crippen LogP contribution in [-0.2, 0) is 16.4 Å². The Kier molecular flexibility index (Phi) is 7.86. The van der Waals surface area contributed by atoms with Crippen molar-refractivity contribution in [3.8, 4) is 0 Å². The largest absolute Gasteiger partial charge is 0.397 e. The van der Waals surface area contributed by atoms with Crippen LogP contribution in [0.15, 0.2) is 53.4 Å². The minimum Gasteiger partial charge on any atom is -0.397 e. The minimum absolute atomic E-state index is 0.0406. The summed E-state index contributed by atoms with van der Waals surface area (Å²) < 4.78 is 27.5. The Morgan fingerprint density at radius 1 is 1.11 bits per heavy atom. The maximum atomic E-state index is 13.1. The molecule has 2 rings (SSSR count). The summed E-state index contributed by atoms with van der Waals surface area (Å²) in [4.78, 5) is 0.0406. The van der Waals surface area contributed by atoms with E-state index in [-0.39, 0.29) is 29.6 Å². The van der Waals surface area contributed by atoms with Gasteiger partial charge in [-0.2, -0.15) is 4.31 Å². The topological polar surface area (TPSA) is 110 Å². The maximum Gasteiger partial charge on any atom is 0.243 e. The SMILES string of the molecule is CC(C)CN(C[C@@H](O)[C@@H](N)Cc1ccccc1)S(=O)(=O)c1ccc(Cl)c(N)c1. The lowest BCUT2D eigenvalue weighted by Crippen LogP contribution is -2.47. The van der Waals surface area contributed by atoms with E-state index in [9.17, 15) is 13.5 Å². The zero-order valence-electron chi connectivity index (χ0n) is 16.1. The van der Waals surface area contributed by atoms with E-state index >= 15 is 0 Å². The fourth-order valence-corrected chi connectivity index (χ4v) is 4.65. The maximum absolute atomic E-state index is 13.1. The third kappa shape index (κ3) is 5.93. The lowest BCUT2D eigenvalue weighted by molar-refractivity contribution is 0.116. The molecule has 154 valence electrons. The Morgan fingerprint density at radius 3 is 2.32 bits per heavy atom. The van der Waals surface area contributed by atoms with Gasteiger partial charge in [0, 0.05) is 19.1 Å². The molecule has 6 nitrogen and oxygen atoms in total. The van der Waals surface area contributed by atoms with E-state index < -0.39 is 22.2 Å². The van der Waals surface area contributed by atoms with Crippen LogP contribution in [0.4, 0.5) is 5.69 Å². The second-order valence-electron chi connectivity index (χ2n) is 7.32. The van der Waals surface area contributed by atoms with Crippen LogP contribution in [0.25, 0.3) is 0 Å². The highest BCUT2D eigenvalue weighted by Crippen LogP contribution is 2.25. The molecule has 0 bridgehead atoms. The van der Waals surface area contributed by atoms with Gasteiger partial charge in [-0.3, -0.25) is 0 Å². The predicted octanol–water partition coefficient (Wildman–Crippen LogP) is 2.50. The molecule has 2 aromatic rings. The number of hydrogen-bond donors (Lipinski definition) is 3. The smallest absolute Gasteiger partial charge is 0.243 e. The van der Waals surface area contributed by atoms with Gasteiger partial charge in [-0.15, -0.1) is 0 Å². The molecule has 0 radical (unpaired) electrons. The fraction of sp³-hybridized carbons (Fsp3) is 0.400. The van der Waals surface area contributed by atoms with E-state index in [0.29, 0.717) is 11.4 Å². The van der Waals surface area contributed by atoms with E-state index in [1.807, 2.05) is 44.2 Å². The summed E-state index contributed by atoms with van der Waals surface area (Å²) in [6.45, 7) is 3.97. The molecule has 0 aromatic heterocycles. The summed E-state index contributed by atoms with van der Waals surface area (Å²) in [5, 5.41) is 10.9. The van der Waals surface area contributed by atoms with Crippen molar-refractivity contribution in [2.24, 2.45) is 11.7 Å². The Bertz CT molecular complexity index is 876. The first kappa shape index (κ1) is 22.6. The number of aliphatic hydroxyl groups is 1. The van der Waals surface area contributed by atoms with Crippen LogP contribution in [0.5, 0.6) is 0 Å². The molecule has 0 saturated carbocycles. The van der Waals surface area contributed by atoms with E-state index in [4.69, 9.17) is 23.1 Å². The third-order valence-electron chi connectivity index (χ3n) is 4.37. The van der Waals surface area contributed by atoms with Gasteiger partial charge >= 0.3 is 0 Å². The number of aliphatic hydroxyl groups excluding tert-OH is 1. The number of nitrogen functional groups attached to an aromatic ring is 1. The number of anilines is 1. The quantitative estimate of drug-likeness (QED) is 0.534. The van der Waals surface area contributed by atoms with Crippen molar-refractivity contribution in [1.29, 1.82) is 0 Å². The molecule has 28 heavy (non-hydrogen) atoms. The summed E-state index contributed by atoms with van der Waals surface area (Å²) in [6, 6.07) is 13.2. The highest BCUT2D eigenvalue weighted by Gasteiger charge is 2.29. The van der Waals surface area contributed by atoms with Gasteiger partial charge in [-0.1, -0.05) is 55.8 Å². The number of halogens is 1. The number of nitrogens with two attached hydrogens (primary N) is 2. The number of benzene rings is 2. The zero-order valence-corrected chi connectivity index (χ0v) is 17.7. The van der Waals surface area contributed by atoms with Crippen molar-refractivity contribution in [3.05, 3.63) is 59.1 Å². The van der Waals surface area contributed by atoms with Crippen molar-refractivity contribution in [2.45, 2.75) is 37.3 Å². The molecular weight excluding hydrogens is 398 g/mol. The molecule has 8 heteroatoms. The van der Waals surface area contributed by atoms with E-state index in [0.717, 1.165) is 5.56 Å². The van der Waals surface area contributed by atoms with Gasteiger partial charge in [0.15, 0.2) is 0 Å². The molecule has 0 aliphatic rings. The van der Waals surface area contributed by atoms with Crippen LogP contribution in [0.3, 0.4) is 0 Å². The Balaban J connectivity index is 2.21. The number of sulfonamides is 1. The average molecular weight is 426 g/mol. The van der Waals surface area contributed by atoms with Gasteiger partial charge in [0.1, 0.15) is 0 Å². The van der Waals surface area contributed by atoms with Crippen LogP contribution in [0.1, 0.15) is 19.4 Å². The first-order valence-corrected chi connectivity index (χ1v) is 11.0. The molecule has 5 N–H and O–H groups in total. The van der Waals surface area contributed by atoms with Gasteiger partial charge < -0.3 is 16.6 Å². The molecule has 0 aliphatic heterocycles. The third-order valence-corrected chi connectivity index (χ3v) is 6.55. The molecule has 0 fully saturated rings. The fourth-order valence-electron chi connectivity index (χ4n) is 2.88. The second kappa shape index (κ2) is 9.71. The minimum atomic E-state index is -3.86. The van der Waals surface area contributed by atoms with Crippen LogP contribution in [0, 0.1) is 5.92 Å². The highest BCUT2D eigenvalue weighted by atomic mass is 35.5. The van der Waals surface area contributed by atoms with Gasteiger partial charge in [-0.25, -0.2) is 8.42 Å². The summed E-state index contributed by atoms with van der Waals surface area (Å²) in [5.74, 6) is 0.0666. The predicted molar refractivity (Wildman–Crippen MR) is 114 cm³/mol. The molecule has 2 atom stereocenters. The monoisotopic (exact) mass is 425 g/mol. The van der Waals surface area contributed by atoms with Gasteiger partial charge in [0.25, 0.3) is 0 Å². The second-order valence-corrected chi connectivity index (χ2v) is 9.67. The Morgan fingerprint density at radius 2 is 1.75 bits per heavy atom. The van der Waals surface area contributed by atoms with Gasteiger partial charge in [-0.05, 0) is 36.1 Å². The lowest BCUT2D eigenvalue weighted by atomic mass is 10.0. The van der Waals surface area contributed by atoms with E-state index in [1.165, 1.54) is 22.5 Å². The number of nitrogens with zero attached hydrogens (tertiary/aromatic N) is 1. The van der Waals surface area contributed by atoms with Crippen molar-refractivity contribution < 1.29 is 13.5 Å². The summed E-state index contributed by atoms with van der Waals surface area (Å²) >= 11 is 5.91. The van der Waals surface area contributed by atoms with Crippen molar-refractivity contribution in [1.82, 2.24) is 4.31 Å². The summed E-state index contributed by atoms with van der Waals surface area (Å²) in [7, 11) is -3.86. The molecule has 0 spiro atoms. The number of hydrogen-bond acceptors (Lipinski definition) is 5. The molecule has 0 aliphatic carbocycles. The first-order chi connectivity index (χ1) is 13.1. The molecule has 0 amide bonds. The first-order valence-electron chi connectivity index (χ1n) is 9.14. The van der Waals surface area contributed by atoms with Crippen LogP contribution >= 0.6 is 11.6 Å². The Labute approximate surface area is 172 Å². The molecule has 2 aromatic carbocycles. The van der Waals surface area contributed by atoms with E-state index in [1.54, 1.807) is 0 Å². The van der Waals surface area contributed by atoms with Gasteiger partial charge in [0.05, 0.1) is 21.7 Å². The average Bonchev–Trinajstić information content (AvgIpc) is 2.63. The standard InChI is InChI=1S/C20H28ClN3O3S/c1-14(2)12-24(28(26,27)16-8-9-17(21)18(22)11-16)13-20(25)19(23)10-15-6-4-3-5-7-15/h3-9,11,14,19-20,25H,10,12-13,22-23H2,1-2H3/t19-,20+/m0/s1. The number of rotatable bonds is 9. The Hall–Kier alpha value is -1.64. The van der Waals surface area contributed by atoms with E-state index in [2.05, 4.69) is 0 Å². The molecule has 0 heterocycles. The lowest BCUT2D eigenvalue weighted by Gasteiger charge is -2.29.